The third kappa shape index (κ3) is 4.52. The molecule has 0 unspecified atom stereocenters. The van der Waals surface area contributed by atoms with Crippen molar-refractivity contribution in [1.82, 2.24) is 10.6 Å². The molecule has 3 rings (SSSR count). The van der Waals surface area contributed by atoms with Crippen LogP contribution in [0.15, 0.2) is 48.0 Å². The van der Waals surface area contributed by atoms with Gasteiger partial charge < -0.3 is 9.47 Å². The van der Waals surface area contributed by atoms with E-state index in [2.05, 4.69) is 10.6 Å². The van der Waals surface area contributed by atoms with Gasteiger partial charge in [0.15, 0.2) is 16.6 Å². The summed E-state index contributed by atoms with van der Waals surface area (Å²) in [5, 5.41) is 4.72. The van der Waals surface area contributed by atoms with Crippen molar-refractivity contribution in [3.63, 3.8) is 0 Å². The van der Waals surface area contributed by atoms with E-state index in [4.69, 9.17) is 21.7 Å². The Kier molecular flexibility index (Phi) is 6.00. The first kappa shape index (κ1) is 19.5. The molecule has 2 N–H and O–H groups in total. The highest BCUT2D eigenvalue weighted by Gasteiger charge is 2.25. The molecule has 0 spiro atoms. The monoisotopic (exact) mass is 400 g/mol. The molecule has 2 aromatic rings. The van der Waals surface area contributed by atoms with E-state index in [1.807, 2.05) is 6.92 Å². The molecule has 1 aliphatic rings. The molecule has 0 aliphatic carbocycles. The van der Waals surface area contributed by atoms with Gasteiger partial charge in [0.25, 0.3) is 11.8 Å². The quantitative estimate of drug-likeness (QED) is 0.443. The molecule has 144 valence electrons. The van der Waals surface area contributed by atoms with Gasteiger partial charge in [-0.1, -0.05) is 24.3 Å². The van der Waals surface area contributed by atoms with Crippen LogP contribution in [0.1, 0.15) is 18.1 Å². The van der Waals surface area contributed by atoms with Crippen molar-refractivity contribution in [3.05, 3.63) is 65.0 Å². The predicted molar refractivity (Wildman–Crippen MR) is 105 cm³/mol. The Morgan fingerprint density at radius 1 is 1.04 bits per heavy atom. The van der Waals surface area contributed by atoms with Gasteiger partial charge in [-0.3, -0.25) is 20.2 Å². The van der Waals surface area contributed by atoms with Crippen LogP contribution in [0.2, 0.25) is 0 Å². The Morgan fingerprint density at radius 3 is 2.43 bits per heavy atom. The van der Waals surface area contributed by atoms with Gasteiger partial charge in [0, 0.05) is 5.56 Å². The van der Waals surface area contributed by atoms with Crippen molar-refractivity contribution in [1.29, 1.82) is 0 Å². The Bertz CT molecular complexity index is 952. The summed E-state index contributed by atoms with van der Waals surface area (Å²) in [5.41, 5.74) is 0.911. The van der Waals surface area contributed by atoms with E-state index in [0.29, 0.717) is 29.2 Å². The normalized spacial score (nSPS) is 13.6. The SMILES string of the molecule is CCOc1cc(C=C2C(=O)NC(=S)NC2=O)ccc1OCc1ccccc1F. The molecule has 6 nitrogen and oxygen atoms in total. The maximum atomic E-state index is 13.8. The minimum atomic E-state index is -0.577. The summed E-state index contributed by atoms with van der Waals surface area (Å²) in [6.45, 7) is 2.23. The molecule has 0 atom stereocenters. The van der Waals surface area contributed by atoms with Crippen LogP contribution in [0, 0.1) is 5.82 Å². The van der Waals surface area contributed by atoms with Gasteiger partial charge in [-0.15, -0.1) is 0 Å². The molecule has 0 radical (unpaired) electrons. The standard InChI is InChI=1S/C20H17FN2O4S/c1-2-26-17-10-12(9-14-18(24)22-20(28)23-19(14)25)7-8-16(17)27-11-13-5-3-4-6-15(13)21/h3-10H,2,11H2,1H3,(H2,22,23,24,25,28). The Labute approximate surface area is 166 Å². The van der Waals surface area contributed by atoms with Gasteiger partial charge in [0.2, 0.25) is 0 Å². The van der Waals surface area contributed by atoms with Gasteiger partial charge in [-0.25, -0.2) is 4.39 Å². The average molecular weight is 400 g/mol. The van der Waals surface area contributed by atoms with Gasteiger partial charge in [0.05, 0.1) is 6.61 Å². The Balaban J connectivity index is 1.83. The van der Waals surface area contributed by atoms with Gasteiger partial charge in [-0.2, -0.15) is 0 Å². The lowest BCUT2D eigenvalue weighted by atomic mass is 10.1. The second-order valence-corrected chi connectivity index (χ2v) is 6.22. The van der Waals surface area contributed by atoms with Crippen molar-refractivity contribution >= 4 is 35.2 Å². The number of carbonyl (C=O) groups is 2. The Morgan fingerprint density at radius 2 is 1.75 bits per heavy atom. The van der Waals surface area contributed by atoms with E-state index in [0.717, 1.165) is 0 Å². The maximum Gasteiger partial charge on any atom is 0.263 e. The minimum Gasteiger partial charge on any atom is -0.490 e. The smallest absolute Gasteiger partial charge is 0.263 e. The topological polar surface area (TPSA) is 76.7 Å². The summed E-state index contributed by atoms with van der Waals surface area (Å²) >= 11 is 4.77. The van der Waals surface area contributed by atoms with Crippen LogP contribution in [-0.4, -0.2) is 23.5 Å². The number of thiocarbonyl (C=S) groups is 1. The van der Waals surface area contributed by atoms with E-state index in [1.165, 1.54) is 12.1 Å². The third-order valence-electron chi connectivity index (χ3n) is 3.86. The Hall–Kier alpha value is -3.26. The van der Waals surface area contributed by atoms with E-state index in [1.54, 1.807) is 36.4 Å². The van der Waals surface area contributed by atoms with Crippen molar-refractivity contribution < 1.29 is 23.5 Å². The number of amides is 2. The van der Waals surface area contributed by atoms with Crippen LogP contribution in [-0.2, 0) is 16.2 Å². The maximum absolute atomic E-state index is 13.8. The fraction of sp³-hybridized carbons (Fsp3) is 0.150. The summed E-state index contributed by atoms with van der Waals surface area (Å²) in [6.07, 6.45) is 1.43. The number of benzene rings is 2. The molecule has 28 heavy (non-hydrogen) atoms. The van der Waals surface area contributed by atoms with E-state index in [9.17, 15) is 14.0 Å². The highest BCUT2D eigenvalue weighted by atomic mass is 32.1. The number of rotatable bonds is 6. The molecule has 0 saturated carbocycles. The fourth-order valence-corrected chi connectivity index (χ4v) is 2.73. The summed E-state index contributed by atoms with van der Waals surface area (Å²) in [6, 6.07) is 11.3. The third-order valence-corrected chi connectivity index (χ3v) is 4.07. The number of hydrogen-bond acceptors (Lipinski definition) is 5. The van der Waals surface area contributed by atoms with Crippen LogP contribution in [0.25, 0.3) is 6.08 Å². The zero-order valence-corrected chi connectivity index (χ0v) is 15.8. The second-order valence-electron chi connectivity index (χ2n) is 5.81. The molecule has 1 fully saturated rings. The highest BCUT2D eigenvalue weighted by Crippen LogP contribution is 2.30. The van der Waals surface area contributed by atoms with Crippen molar-refractivity contribution in [2.24, 2.45) is 0 Å². The van der Waals surface area contributed by atoms with E-state index < -0.39 is 11.8 Å². The lowest BCUT2D eigenvalue weighted by Crippen LogP contribution is -2.51. The zero-order chi connectivity index (χ0) is 20.1. The molecule has 1 heterocycles. The summed E-state index contributed by atoms with van der Waals surface area (Å²) in [4.78, 5) is 23.9. The lowest BCUT2D eigenvalue weighted by Gasteiger charge is -2.17. The summed E-state index contributed by atoms with van der Waals surface area (Å²) < 4.78 is 25.0. The van der Waals surface area contributed by atoms with Crippen LogP contribution in [0.4, 0.5) is 4.39 Å². The molecular weight excluding hydrogens is 383 g/mol. The predicted octanol–water partition coefficient (Wildman–Crippen LogP) is 2.72. The molecule has 2 amide bonds. The summed E-state index contributed by atoms with van der Waals surface area (Å²) in [7, 11) is 0. The van der Waals surface area contributed by atoms with E-state index in [-0.39, 0.29) is 23.1 Å². The molecule has 0 aromatic heterocycles. The molecule has 1 aliphatic heterocycles. The highest BCUT2D eigenvalue weighted by molar-refractivity contribution is 7.80. The second kappa shape index (κ2) is 8.62. The largest absolute Gasteiger partial charge is 0.490 e. The zero-order valence-electron chi connectivity index (χ0n) is 15.0. The molecule has 1 saturated heterocycles. The van der Waals surface area contributed by atoms with Crippen molar-refractivity contribution in [3.8, 4) is 11.5 Å². The van der Waals surface area contributed by atoms with Crippen LogP contribution in [0.3, 0.4) is 0 Å². The molecule has 8 heteroatoms. The van der Waals surface area contributed by atoms with Gasteiger partial charge in [0.1, 0.15) is 18.0 Å². The number of ether oxygens (including phenoxy) is 2. The van der Waals surface area contributed by atoms with Gasteiger partial charge in [-0.05, 0) is 49.0 Å². The van der Waals surface area contributed by atoms with Crippen LogP contribution in [0.5, 0.6) is 11.5 Å². The van der Waals surface area contributed by atoms with Crippen molar-refractivity contribution in [2.45, 2.75) is 13.5 Å². The minimum absolute atomic E-state index is 0.0287. The van der Waals surface area contributed by atoms with Crippen LogP contribution >= 0.6 is 12.2 Å². The molecular formula is C20H17FN2O4S. The van der Waals surface area contributed by atoms with E-state index >= 15 is 0 Å². The summed E-state index contributed by atoms with van der Waals surface area (Å²) in [5.74, 6) is -0.668. The molecule has 2 aromatic carbocycles. The first-order valence-corrected chi connectivity index (χ1v) is 8.90. The molecule has 0 bridgehead atoms. The average Bonchev–Trinajstić information content (AvgIpc) is 2.65. The van der Waals surface area contributed by atoms with Gasteiger partial charge >= 0.3 is 0 Å². The first-order chi connectivity index (χ1) is 13.5. The van der Waals surface area contributed by atoms with Crippen molar-refractivity contribution in [2.75, 3.05) is 6.61 Å². The number of nitrogens with one attached hydrogen (secondary N) is 2. The first-order valence-electron chi connectivity index (χ1n) is 8.49. The fourth-order valence-electron chi connectivity index (χ4n) is 2.55. The lowest BCUT2D eigenvalue weighted by molar-refractivity contribution is -0.123. The number of hydrogen-bond donors (Lipinski definition) is 2. The number of halogens is 1. The number of carbonyl (C=O) groups excluding carboxylic acids is 2. The van der Waals surface area contributed by atoms with Crippen LogP contribution < -0.4 is 20.1 Å².